The number of methoxy groups -OCH3 is 1. The van der Waals surface area contributed by atoms with Crippen LogP contribution >= 0.6 is 0 Å². The van der Waals surface area contributed by atoms with E-state index in [0.29, 0.717) is 11.3 Å². The van der Waals surface area contributed by atoms with Gasteiger partial charge in [-0.05, 0) is 36.4 Å². The first-order chi connectivity index (χ1) is 11.9. The third-order valence-corrected chi connectivity index (χ3v) is 3.38. The Labute approximate surface area is 143 Å². The van der Waals surface area contributed by atoms with Gasteiger partial charge in [0.05, 0.1) is 12.8 Å². The normalized spacial score (nSPS) is 10.1. The van der Waals surface area contributed by atoms with Crippen molar-refractivity contribution in [1.82, 2.24) is 10.6 Å². The first-order valence-corrected chi connectivity index (χ1v) is 7.33. The lowest BCUT2D eigenvalue weighted by molar-refractivity contribution is 0.0963. The Bertz CT molecular complexity index is 797. The Morgan fingerprint density at radius 2 is 1.88 bits per heavy atom. The number of ether oxygens (including phenoxy) is 1. The summed E-state index contributed by atoms with van der Waals surface area (Å²) in [6.07, 6.45) is 0. The standard InChI is InChI=1S/C17H17F2N3O3/c1-20-16(23)10-3-6-15(25-2)14(8-10)22-17(24)21-9-11-7-12(18)4-5-13(11)19/h3-8H,9H2,1-2H3,(H,20,23)(H2,21,22,24). The molecule has 0 aliphatic heterocycles. The highest BCUT2D eigenvalue weighted by molar-refractivity contribution is 5.97. The monoisotopic (exact) mass is 349 g/mol. The van der Waals surface area contributed by atoms with Crippen molar-refractivity contribution in [3.8, 4) is 5.75 Å². The fourth-order valence-electron chi connectivity index (χ4n) is 2.11. The molecule has 0 aromatic heterocycles. The molecule has 0 fully saturated rings. The van der Waals surface area contributed by atoms with E-state index in [0.717, 1.165) is 18.2 Å². The lowest BCUT2D eigenvalue weighted by atomic mass is 10.1. The summed E-state index contributed by atoms with van der Waals surface area (Å²) in [5, 5.41) is 7.40. The highest BCUT2D eigenvalue weighted by Gasteiger charge is 2.12. The van der Waals surface area contributed by atoms with Gasteiger partial charge in [0.15, 0.2) is 0 Å². The first-order valence-electron chi connectivity index (χ1n) is 7.33. The summed E-state index contributed by atoms with van der Waals surface area (Å²) in [7, 11) is 2.90. The summed E-state index contributed by atoms with van der Waals surface area (Å²) in [5.74, 6) is -1.20. The van der Waals surface area contributed by atoms with Gasteiger partial charge in [-0.1, -0.05) is 0 Å². The minimum atomic E-state index is -0.656. The Hall–Kier alpha value is -3.16. The van der Waals surface area contributed by atoms with Gasteiger partial charge in [0.2, 0.25) is 0 Å². The van der Waals surface area contributed by atoms with E-state index in [1.54, 1.807) is 6.07 Å². The summed E-state index contributed by atoms with van der Waals surface area (Å²) in [6, 6.07) is 6.85. The lowest BCUT2D eigenvalue weighted by Crippen LogP contribution is -2.29. The van der Waals surface area contributed by atoms with Crippen LogP contribution in [0.2, 0.25) is 0 Å². The lowest BCUT2D eigenvalue weighted by Gasteiger charge is -2.13. The molecule has 0 spiro atoms. The molecule has 0 saturated carbocycles. The van der Waals surface area contributed by atoms with Gasteiger partial charge in [0.1, 0.15) is 17.4 Å². The van der Waals surface area contributed by atoms with Gasteiger partial charge in [-0.3, -0.25) is 4.79 Å². The topological polar surface area (TPSA) is 79.5 Å². The van der Waals surface area contributed by atoms with Crippen molar-refractivity contribution in [2.75, 3.05) is 19.5 Å². The highest BCUT2D eigenvalue weighted by atomic mass is 19.1. The smallest absolute Gasteiger partial charge is 0.319 e. The molecule has 0 aliphatic rings. The molecule has 0 atom stereocenters. The van der Waals surface area contributed by atoms with Gasteiger partial charge in [-0.25, -0.2) is 13.6 Å². The van der Waals surface area contributed by atoms with E-state index >= 15 is 0 Å². The fraction of sp³-hybridized carbons (Fsp3) is 0.176. The Morgan fingerprint density at radius 1 is 1.12 bits per heavy atom. The minimum Gasteiger partial charge on any atom is -0.495 e. The molecule has 8 heteroatoms. The summed E-state index contributed by atoms with van der Waals surface area (Å²) in [5.41, 5.74) is 0.608. The van der Waals surface area contributed by atoms with Crippen LogP contribution in [0.1, 0.15) is 15.9 Å². The predicted octanol–water partition coefficient (Wildman–Crippen LogP) is 2.65. The van der Waals surface area contributed by atoms with Crippen molar-refractivity contribution in [3.05, 3.63) is 59.2 Å². The maximum absolute atomic E-state index is 13.5. The molecular weight excluding hydrogens is 332 g/mol. The number of hydrogen-bond donors (Lipinski definition) is 3. The van der Waals surface area contributed by atoms with E-state index in [2.05, 4.69) is 16.0 Å². The molecule has 6 nitrogen and oxygen atoms in total. The largest absolute Gasteiger partial charge is 0.495 e. The average molecular weight is 349 g/mol. The number of amides is 3. The van der Waals surface area contributed by atoms with E-state index in [9.17, 15) is 18.4 Å². The third kappa shape index (κ3) is 4.66. The zero-order valence-corrected chi connectivity index (χ0v) is 13.7. The fourth-order valence-corrected chi connectivity index (χ4v) is 2.11. The second-order valence-electron chi connectivity index (χ2n) is 5.04. The van der Waals surface area contributed by atoms with Crippen LogP contribution in [0.15, 0.2) is 36.4 Å². The number of carbonyl (C=O) groups excluding carboxylic acids is 2. The van der Waals surface area contributed by atoms with E-state index < -0.39 is 17.7 Å². The molecule has 2 aromatic carbocycles. The van der Waals surface area contributed by atoms with Crippen LogP contribution in [-0.4, -0.2) is 26.1 Å². The van der Waals surface area contributed by atoms with Crippen molar-refractivity contribution in [3.63, 3.8) is 0 Å². The van der Waals surface area contributed by atoms with Gasteiger partial charge in [-0.2, -0.15) is 0 Å². The van der Waals surface area contributed by atoms with E-state index in [4.69, 9.17) is 4.74 Å². The number of carbonyl (C=O) groups is 2. The maximum atomic E-state index is 13.5. The van der Waals surface area contributed by atoms with Crippen LogP contribution in [-0.2, 0) is 6.54 Å². The Balaban J connectivity index is 2.09. The molecule has 0 heterocycles. The summed E-state index contributed by atoms with van der Waals surface area (Å²) >= 11 is 0. The van der Waals surface area contributed by atoms with Crippen LogP contribution in [0.25, 0.3) is 0 Å². The molecule has 0 radical (unpaired) electrons. The van der Waals surface area contributed by atoms with Gasteiger partial charge in [0, 0.05) is 24.7 Å². The van der Waals surface area contributed by atoms with Crippen LogP contribution < -0.4 is 20.7 Å². The number of rotatable bonds is 5. The third-order valence-electron chi connectivity index (χ3n) is 3.38. The van der Waals surface area contributed by atoms with Crippen molar-refractivity contribution in [2.24, 2.45) is 0 Å². The highest BCUT2D eigenvalue weighted by Crippen LogP contribution is 2.25. The molecule has 3 amide bonds. The van der Waals surface area contributed by atoms with Crippen molar-refractivity contribution in [2.45, 2.75) is 6.54 Å². The van der Waals surface area contributed by atoms with E-state index in [1.165, 1.54) is 26.3 Å². The zero-order chi connectivity index (χ0) is 18.4. The second-order valence-corrected chi connectivity index (χ2v) is 5.04. The van der Waals surface area contributed by atoms with E-state index in [-0.39, 0.29) is 23.7 Å². The Morgan fingerprint density at radius 3 is 2.56 bits per heavy atom. The second kappa shape index (κ2) is 8.09. The molecule has 0 saturated heterocycles. The summed E-state index contributed by atoms with van der Waals surface area (Å²) in [4.78, 5) is 23.7. The Kier molecular flexibility index (Phi) is 5.89. The number of benzene rings is 2. The molecule has 3 N–H and O–H groups in total. The van der Waals surface area contributed by atoms with Crippen molar-refractivity contribution >= 4 is 17.6 Å². The van der Waals surface area contributed by atoms with Crippen molar-refractivity contribution in [1.29, 1.82) is 0 Å². The molecule has 25 heavy (non-hydrogen) atoms. The summed E-state index contributed by atoms with van der Waals surface area (Å²) in [6.45, 7) is -0.202. The molecule has 0 unspecified atom stereocenters. The molecule has 0 bridgehead atoms. The SMILES string of the molecule is CNC(=O)c1ccc(OC)c(NC(=O)NCc2cc(F)ccc2F)c1. The van der Waals surface area contributed by atoms with Crippen LogP contribution in [0.3, 0.4) is 0 Å². The van der Waals surface area contributed by atoms with Gasteiger partial charge < -0.3 is 20.7 Å². The number of hydrogen-bond acceptors (Lipinski definition) is 3. The predicted molar refractivity (Wildman–Crippen MR) is 88.6 cm³/mol. The molecule has 0 aliphatic carbocycles. The average Bonchev–Trinajstić information content (AvgIpc) is 2.61. The maximum Gasteiger partial charge on any atom is 0.319 e. The summed E-state index contributed by atoms with van der Waals surface area (Å²) < 4.78 is 31.8. The van der Waals surface area contributed by atoms with Gasteiger partial charge in [-0.15, -0.1) is 0 Å². The van der Waals surface area contributed by atoms with E-state index in [1.807, 2.05) is 0 Å². The first kappa shape index (κ1) is 18.2. The number of urea groups is 1. The van der Waals surface area contributed by atoms with Gasteiger partial charge >= 0.3 is 6.03 Å². The van der Waals surface area contributed by atoms with Crippen LogP contribution in [0.5, 0.6) is 5.75 Å². The number of halogens is 2. The quantitative estimate of drug-likeness (QED) is 0.776. The molecule has 132 valence electrons. The number of nitrogens with one attached hydrogen (secondary N) is 3. The minimum absolute atomic E-state index is 0.0150. The van der Waals surface area contributed by atoms with Crippen LogP contribution in [0.4, 0.5) is 19.3 Å². The van der Waals surface area contributed by atoms with Crippen molar-refractivity contribution < 1.29 is 23.1 Å². The zero-order valence-electron chi connectivity index (χ0n) is 13.7. The van der Waals surface area contributed by atoms with Crippen LogP contribution in [0, 0.1) is 11.6 Å². The molecule has 2 rings (SSSR count). The van der Waals surface area contributed by atoms with Gasteiger partial charge in [0.25, 0.3) is 5.91 Å². The molecular formula is C17H17F2N3O3. The number of anilines is 1. The molecule has 2 aromatic rings.